The van der Waals surface area contributed by atoms with Gasteiger partial charge in [-0.15, -0.1) is 0 Å². The molecule has 1 N–H and O–H groups in total. The normalized spacial score (nSPS) is 43.5. The Kier molecular flexibility index (Phi) is 7.74. The average molecular weight is 541 g/mol. The van der Waals surface area contributed by atoms with Crippen molar-refractivity contribution in [2.24, 2.45) is 34.5 Å². The van der Waals surface area contributed by atoms with Crippen LogP contribution in [0.4, 0.5) is 0 Å². The molecular formula is C31H40O8. The molecule has 2 aliphatic carbocycles. The molecule has 4 aliphatic rings. The second kappa shape index (κ2) is 10.8. The van der Waals surface area contributed by atoms with E-state index in [2.05, 4.69) is 6.92 Å². The maximum Gasteiger partial charge on any atom is 0.331 e. The third-order valence-electron chi connectivity index (χ3n) is 10.3. The monoisotopic (exact) mass is 540 g/mol. The molecule has 4 fully saturated rings. The first-order chi connectivity index (χ1) is 18.6. The molecule has 2 saturated carbocycles. The summed E-state index contributed by atoms with van der Waals surface area (Å²) in [6.07, 6.45) is 3.43. The Morgan fingerprint density at radius 2 is 1.82 bits per heavy atom. The van der Waals surface area contributed by atoms with E-state index in [0.717, 1.165) is 24.7 Å². The van der Waals surface area contributed by atoms with Crippen molar-refractivity contribution in [3.63, 3.8) is 0 Å². The van der Waals surface area contributed by atoms with E-state index in [1.807, 2.05) is 44.2 Å². The maximum atomic E-state index is 13.1. The molecule has 11 atom stereocenters. The highest BCUT2D eigenvalue weighted by Crippen LogP contribution is 2.65. The molecule has 0 radical (unpaired) electrons. The Morgan fingerprint density at radius 3 is 2.49 bits per heavy atom. The quantitative estimate of drug-likeness (QED) is 0.328. The first-order valence-electron chi connectivity index (χ1n) is 14.1. The van der Waals surface area contributed by atoms with Crippen LogP contribution in [-0.4, -0.2) is 60.6 Å². The summed E-state index contributed by atoms with van der Waals surface area (Å²) >= 11 is 0. The SMILES string of the molecule is CC(=O)OC1CCC(C=O)C2(C)C(O)C(OC(=O)C=Cc3ccccc3)C(C)C(C)(C3CC4CCOC4O3)C12. The zero-order valence-electron chi connectivity index (χ0n) is 23.2. The number of rotatable bonds is 6. The molecule has 212 valence electrons. The minimum Gasteiger partial charge on any atom is -0.462 e. The van der Waals surface area contributed by atoms with Crippen molar-refractivity contribution in [1.29, 1.82) is 0 Å². The molecule has 5 rings (SSSR count). The first kappa shape index (κ1) is 28.0. The number of aldehydes is 1. The summed E-state index contributed by atoms with van der Waals surface area (Å²) in [4.78, 5) is 37.8. The van der Waals surface area contributed by atoms with Gasteiger partial charge in [0.05, 0.1) is 18.8 Å². The number of hydrogen-bond acceptors (Lipinski definition) is 8. The van der Waals surface area contributed by atoms with E-state index in [1.54, 1.807) is 6.08 Å². The molecule has 8 heteroatoms. The summed E-state index contributed by atoms with van der Waals surface area (Å²) in [5.74, 6) is -1.99. The molecule has 2 saturated heterocycles. The molecule has 0 spiro atoms. The highest BCUT2D eigenvalue weighted by Gasteiger charge is 2.70. The number of ether oxygens (including phenoxy) is 4. The third-order valence-corrected chi connectivity index (χ3v) is 10.3. The average Bonchev–Trinajstić information content (AvgIpc) is 3.52. The largest absolute Gasteiger partial charge is 0.462 e. The van der Waals surface area contributed by atoms with Gasteiger partial charge in [-0.25, -0.2) is 4.79 Å². The standard InChI is InChI=1S/C31H40O8/c1-18-26(39-25(34)13-10-20-8-6-5-7-9-20)28(35)31(4)22(17-32)11-12-23(37-19(2)33)27(31)30(18,3)24-16-21-14-15-36-29(21)38-24/h5-10,13,17-18,21-24,26-29,35H,11-12,14-16H2,1-4H3. The molecule has 1 aromatic rings. The second-order valence-electron chi connectivity index (χ2n) is 12.2. The molecule has 39 heavy (non-hydrogen) atoms. The lowest BCUT2D eigenvalue weighted by atomic mass is 9.41. The zero-order valence-corrected chi connectivity index (χ0v) is 23.2. The molecule has 8 nitrogen and oxygen atoms in total. The van der Waals surface area contributed by atoms with Gasteiger partial charge in [0.25, 0.3) is 0 Å². The van der Waals surface area contributed by atoms with Crippen molar-refractivity contribution in [2.75, 3.05) is 6.61 Å². The Morgan fingerprint density at radius 1 is 1.08 bits per heavy atom. The topological polar surface area (TPSA) is 108 Å². The maximum absolute atomic E-state index is 13.1. The highest BCUT2D eigenvalue weighted by atomic mass is 16.7. The van der Waals surface area contributed by atoms with E-state index in [4.69, 9.17) is 18.9 Å². The van der Waals surface area contributed by atoms with Gasteiger partial charge < -0.3 is 28.8 Å². The fraction of sp³-hybridized carbons (Fsp3) is 0.645. The van der Waals surface area contributed by atoms with E-state index >= 15 is 0 Å². The molecule has 0 aromatic heterocycles. The summed E-state index contributed by atoms with van der Waals surface area (Å²) in [5, 5.41) is 12.0. The van der Waals surface area contributed by atoms with Crippen LogP contribution in [0.5, 0.6) is 0 Å². The molecule has 11 unspecified atom stereocenters. The summed E-state index contributed by atoms with van der Waals surface area (Å²) in [6, 6.07) is 9.43. The zero-order chi connectivity index (χ0) is 27.9. The summed E-state index contributed by atoms with van der Waals surface area (Å²) in [5.41, 5.74) is -0.860. The van der Waals surface area contributed by atoms with Gasteiger partial charge in [-0.1, -0.05) is 51.1 Å². The van der Waals surface area contributed by atoms with Crippen LogP contribution in [0.15, 0.2) is 36.4 Å². The number of carbonyl (C=O) groups is 3. The molecule has 2 aliphatic heterocycles. The molecular weight excluding hydrogens is 500 g/mol. The smallest absolute Gasteiger partial charge is 0.331 e. The Balaban J connectivity index is 1.53. The highest BCUT2D eigenvalue weighted by molar-refractivity contribution is 5.87. The minimum atomic E-state index is -1.15. The molecule has 1 aromatic carbocycles. The van der Waals surface area contributed by atoms with E-state index in [-0.39, 0.29) is 24.2 Å². The van der Waals surface area contributed by atoms with E-state index in [9.17, 15) is 19.5 Å². The van der Waals surface area contributed by atoms with Crippen LogP contribution in [0.3, 0.4) is 0 Å². The summed E-state index contributed by atoms with van der Waals surface area (Å²) in [6.45, 7) is 7.98. The van der Waals surface area contributed by atoms with Crippen molar-refractivity contribution in [2.45, 2.75) is 84.1 Å². The van der Waals surface area contributed by atoms with Gasteiger partial charge in [-0.05, 0) is 37.3 Å². The van der Waals surface area contributed by atoms with Gasteiger partial charge >= 0.3 is 11.9 Å². The Labute approximate surface area is 230 Å². The van der Waals surface area contributed by atoms with Crippen LogP contribution in [0.1, 0.15) is 58.9 Å². The number of fused-ring (bicyclic) bond motifs is 2. The van der Waals surface area contributed by atoms with Gasteiger partial charge in [0, 0.05) is 47.5 Å². The lowest BCUT2D eigenvalue weighted by molar-refractivity contribution is -0.284. The molecule has 0 bridgehead atoms. The number of hydrogen-bond donors (Lipinski definition) is 1. The number of benzene rings is 1. The Hall–Kier alpha value is -2.55. The van der Waals surface area contributed by atoms with Crippen LogP contribution in [0.2, 0.25) is 0 Å². The lowest BCUT2D eigenvalue weighted by Gasteiger charge is -2.65. The fourth-order valence-electron chi connectivity index (χ4n) is 8.19. The van der Waals surface area contributed by atoms with E-state index in [0.29, 0.717) is 19.4 Å². The first-order valence-corrected chi connectivity index (χ1v) is 14.1. The number of aliphatic hydroxyl groups excluding tert-OH is 1. The van der Waals surface area contributed by atoms with Crippen molar-refractivity contribution in [3.8, 4) is 0 Å². The minimum absolute atomic E-state index is 0.254. The third kappa shape index (κ3) is 4.74. The molecule has 2 heterocycles. The predicted octanol–water partition coefficient (Wildman–Crippen LogP) is 3.94. The van der Waals surface area contributed by atoms with Crippen LogP contribution in [0, 0.1) is 34.5 Å². The van der Waals surface area contributed by atoms with Crippen molar-refractivity contribution in [1.82, 2.24) is 0 Å². The van der Waals surface area contributed by atoms with E-state index < -0.39 is 52.9 Å². The van der Waals surface area contributed by atoms with Crippen molar-refractivity contribution in [3.05, 3.63) is 42.0 Å². The van der Waals surface area contributed by atoms with Gasteiger partial charge in [0.2, 0.25) is 0 Å². The van der Waals surface area contributed by atoms with Gasteiger partial charge in [-0.3, -0.25) is 4.79 Å². The second-order valence-corrected chi connectivity index (χ2v) is 12.2. The van der Waals surface area contributed by atoms with Gasteiger partial charge in [0.15, 0.2) is 6.29 Å². The van der Waals surface area contributed by atoms with Gasteiger partial charge in [-0.2, -0.15) is 0 Å². The number of carbonyl (C=O) groups excluding carboxylic acids is 3. The van der Waals surface area contributed by atoms with Crippen LogP contribution >= 0.6 is 0 Å². The van der Waals surface area contributed by atoms with Crippen LogP contribution in [0.25, 0.3) is 6.08 Å². The van der Waals surface area contributed by atoms with Crippen molar-refractivity contribution >= 4 is 24.3 Å². The number of aliphatic hydroxyl groups is 1. The molecule has 0 amide bonds. The Bertz CT molecular complexity index is 1090. The van der Waals surface area contributed by atoms with Gasteiger partial charge in [0.1, 0.15) is 18.5 Å². The van der Waals surface area contributed by atoms with Crippen molar-refractivity contribution < 1.29 is 38.4 Å². The summed E-state index contributed by atoms with van der Waals surface area (Å²) < 4.78 is 24.3. The predicted molar refractivity (Wildman–Crippen MR) is 142 cm³/mol. The number of esters is 2. The van der Waals surface area contributed by atoms with Crippen LogP contribution in [-0.2, 0) is 33.3 Å². The lowest BCUT2D eigenvalue weighted by Crippen LogP contribution is -2.71. The van der Waals surface area contributed by atoms with E-state index in [1.165, 1.54) is 13.0 Å². The fourth-order valence-corrected chi connectivity index (χ4v) is 8.19. The summed E-state index contributed by atoms with van der Waals surface area (Å²) in [7, 11) is 0. The van der Waals surface area contributed by atoms with Crippen LogP contribution < -0.4 is 0 Å².